The predicted octanol–water partition coefficient (Wildman–Crippen LogP) is 3.75. The smallest absolute Gasteiger partial charge is 0.263 e. The lowest BCUT2D eigenvalue weighted by Gasteiger charge is -2.15. The monoisotopic (exact) mass is 388 g/mol. The number of hydrogen-bond acceptors (Lipinski definition) is 7. The summed E-state index contributed by atoms with van der Waals surface area (Å²) < 4.78 is 5.93. The first-order valence-corrected chi connectivity index (χ1v) is 9.35. The number of phenols is 1. The van der Waals surface area contributed by atoms with Crippen molar-refractivity contribution in [2.24, 2.45) is 0 Å². The molecule has 0 unspecified atom stereocenters. The summed E-state index contributed by atoms with van der Waals surface area (Å²) in [7, 11) is 0. The van der Waals surface area contributed by atoms with Crippen LogP contribution in [0.25, 0.3) is 16.1 Å². The minimum atomic E-state index is 0.102. The van der Waals surface area contributed by atoms with Crippen LogP contribution in [0.3, 0.4) is 0 Å². The standard InChI is InChI=1S/C21H20N6O2/c1-22-16-8-14(10-23-11-16)19-13-26-20(25-12-15-4-3-7-24-15)21(27-19)29-18-6-2-5-17(28)9-18/h2,5-6,8-11,13,15,24,28H,3-4,7,12H2,(H,25,26)/t15-/m0/s1. The number of hydrogen-bond donors (Lipinski definition) is 3. The topological polar surface area (TPSA) is 96.6 Å². The second kappa shape index (κ2) is 8.54. The maximum atomic E-state index is 9.72. The normalized spacial score (nSPS) is 15.6. The molecule has 3 heterocycles. The van der Waals surface area contributed by atoms with Gasteiger partial charge in [0.2, 0.25) is 5.69 Å². The van der Waals surface area contributed by atoms with Crippen LogP contribution in [0.4, 0.5) is 11.5 Å². The highest BCUT2D eigenvalue weighted by molar-refractivity contribution is 5.65. The van der Waals surface area contributed by atoms with E-state index in [1.807, 2.05) is 0 Å². The fraction of sp³-hybridized carbons (Fsp3) is 0.238. The average Bonchev–Trinajstić information content (AvgIpc) is 3.26. The fourth-order valence-electron chi connectivity index (χ4n) is 3.14. The van der Waals surface area contributed by atoms with Crippen LogP contribution in [0.15, 0.2) is 48.9 Å². The number of pyridine rings is 1. The van der Waals surface area contributed by atoms with E-state index in [-0.39, 0.29) is 5.75 Å². The number of benzene rings is 1. The maximum absolute atomic E-state index is 9.72. The molecular weight excluding hydrogens is 368 g/mol. The van der Waals surface area contributed by atoms with Gasteiger partial charge in [-0.05, 0) is 37.6 Å². The Balaban J connectivity index is 1.65. The molecule has 1 aliphatic heterocycles. The SMILES string of the molecule is [C-]#[N+]c1cncc(-c2cnc(NC[C@@H]3CCCN3)c(Oc3cccc(O)c3)n2)c1. The molecule has 2 aromatic heterocycles. The molecule has 8 nitrogen and oxygen atoms in total. The zero-order valence-corrected chi connectivity index (χ0v) is 15.7. The summed E-state index contributed by atoms with van der Waals surface area (Å²) >= 11 is 0. The second-order valence-corrected chi connectivity index (χ2v) is 6.73. The van der Waals surface area contributed by atoms with Gasteiger partial charge in [0.1, 0.15) is 11.5 Å². The summed E-state index contributed by atoms with van der Waals surface area (Å²) in [5.74, 6) is 1.36. The molecule has 146 valence electrons. The van der Waals surface area contributed by atoms with Crippen LogP contribution in [0.1, 0.15) is 12.8 Å². The highest BCUT2D eigenvalue weighted by Gasteiger charge is 2.17. The first-order valence-electron chi connectivity index (χ1n) is 9.35. The fourth-order valence-corrected chi connectivity index (χ4v) is 3.14. The van der Waals surface area contributed by atoms with E-state index >= 15 is 0 Å². The minimum absolute atomic E-state index is 0.102. The van der Waals surface area contributed by atoms with Gasteiger partial charge in [0.05, 0.1) is 18.5 Å². The van der Waals surface area contributed by atoms with Gasteiger partial charge in [0.15, 0.2) is 5.82 Å². The molecule has 0 bridgehead atoms. The van der Waals surface area contributed by atoms with Gasteiger partial charge in [-0.1, -0.05) is 6.07 Å². The van der Waals surface area contributed by atoms with Crippen molar-refractivity contribution in [1.29, 1.82) is 0 Å². The lowest BCUT2D eigenvalue weighted by Crippen LogP contribution is -2.29. The molecule has 0 spiro atoms. The molecule has 1 saturated heterocycles. The average molecular weight is 388 g/mol. The Morgan fingerprint density at radius 3 is 3.00 bits per heavy atom. The Hall–Kier alpha value is -3.70. The Morgan fingerprint density at radius 2 is 2.21 bits per heavy atom. The molecule has 0 aliphatic carbocycles. The Labute approximate surface area is 168 Å². The first kappa shape index (κ1) is 18.7. The highest BCUT2D eigenvalue weighted by Crippen LogP contribution is 2.31. The van der Waals surface area contributed by atoms with Gasteiger partial charge in [-0.2, -0.15) is 0 Å². The largest absolute Gasteiger partial charge is 0.508 e. The molecule has 4 rings (SSSR count). The van der Waals surface area contributed by atoms with Crippen LogP contribution in [0.2, 0.25) is 0 Å². The van der Waals surface area contributed by atoms with Crippen molar-refractivity contribution in [1.82, 2.24) is 20.3 Å². The number of ether oxygens (including phenoxy) is 1. The summed E-state index contributed by atoms with van der Waals surface area (Å²) in [6.45, 7) is 8.90. The van der Waals surface area contributed by atoms with Gasteiger partial charge in [-0.25, -0.2) is 14.8 Å². The van der Waals surface area contributed by atoms with Crippen molar-refractivity contribution in [2.45, 2.75) is 18.9 Å². The van der Waals surface area contributed by atoms with Gasteiger partial charge in [0.25, 0.3) is 5.88 Å². The van der Waals surface area contributed by atoms with Crippen molar-refractivity contribution in [3.63, 3.8) is 0 Å². The Bertz CT molecular complexity index is 1040. The van der Waals surface area contributed by atoms with E-state index in [0.717, 1.165) is 19.4 Å². The third kappa shape index (κ3) is 4.59. The molecule has 1 fully saturated rings. The third-order valence-electron chi connectivity index (χ3n) is 4.60. The van der Waals surface area contributed by atoms with Gasteiger partial charge in [-0.3, -0.25) is 4.98 Å². The quantitative estimate of drug-likeness (QED) is 0.553. The molecule has 1 aliphatic rings. The second-order valence-electron chi connectivity index (χ2n) is 6.73. The van der Waals surface area contributed by atoms with Crippen molar-refractivity contribution < 1.29 is 9.84 Å². The maximum Gasteiger partial charge on any atom is 0.263 e. The van der Waals surface area contributed by atoms with Gasteiger partial charge >= 0.3 is 0 Å². The van der Waals surface area contributed by atoms with E-state index in [1.54, 1.807) is 36.7 Å². The van der Waals surface area contributed by atoms with Gasteiger partial charge < -0.3 is 20.5 Å². The van der Waals surface area contributed by atoms with Crippen LogP contribution in [-0.2, 0) is 0 Å². The van der Waals surface area contributed by atoms with Crippen LogP contribution in [0, 0.1) is 6.57 Å². The summed E-state index contributed by atoms with van der Waals surface area (Å²) in [4.78, 5) is 16.6. The van der Waals surface area contributed by atoms with Crippen LogP contribution >= 0.6 is 0 Å². The molecule has 1 aromatic carbocycles. The lowest BCUT2D eigenvalue weighted by molar-refractivity contribution is 0.445. The number of nitrogens with zero attached hydrogens (tertiary/aromatic N) is 4. The summed E-state index contributed by atoms with van der Waals surface area (Å²) in [6, 6.07) is 8.60. The highest BCUT2D eigenvalue weighted by atomic mass is 16.5. The first-order chi connectivity index (χ1) is 14.2. The van der Waals surface area contributed by atoms with Crippen LogP contribution in [-0.4, -0.2) is 39.2 Å². The van der Waals surface area contributed by atoms with E-state index < -0.39 is 0 Å². The summed E-state index contributed by atoms with van der Waals surface area (Å²) in [6.07, 6.45) is 7.03. The molecule has 1 atom stereocenters. The molecule has 0 radical (unpaired) electrons. The van der Waals surface area contributed by atoms with Crippen molar-refractivity contribution in [2.75, 3.05) is 18.4 Å². The van der Waals surface area contributed by atoms with Crippen LogP contribution < -0.4 is 15.4 Å². The van der Waals surface area contributed by atoms with Crippen molar-refractivity contribution in [3.05, 3.63) is 60.3 Å². The molecule has 0 amide bonds. The summed E-state index contributed by atoms with van der Waals surface area (Å²) in [5, 5.41) is 16.5. The number of aromatic hydroxyl groups is 1. The minimum Gasteiger partial charge on any atom is -0.508 e. The third-order valence-corrected chi connectivity index (χ3v) is 4.60. The van der Waals surface area contributed by atoms with Gasteiger partial charge in [0, 0.05) is 36.6 Å². The number of aromatic nitrogens is 3. The van der Waals surface area contributed by atoms with Crippen molar-refractivity contribution >= 4 is 11.5 Å². The van der Waals surface area contributed by atoms with E-state index in [0.29, 0.717) is 47.0 Å². The summed E-state index contributed by atoms with van der Waals surface area (Å²) in [5.41, 5.74) is 1.65. The molecule has 29 heavy (non-hydrogen) atoms. The molecular formula is C21H20N6O2. The van der Waals surface area contributed by atoms with E-state index in [1.165, 1.54) is 12.3 Å². The Morgan fingerprint density at radius 1 is 1.28 bits per heavy atom. The molecule has 3 aromatic rings. The lowest BCUT2D eigenvalue weighted by atomic mass is 10.2. The van der Waals surface area contributed by atoms with E-state index in [9.17, 15) is 5.11 Å². The van der Waals surface area contributed by atoms with Crippen molar-refractivity contribution in [3.8, 4) is 28.6 Å². The Kier molecular flexibility index (Phi) is 5.49. The number of rotatable bonds is 6. The number of nitrogens with one attached hydrogen (secondary N) is 2. The number of phenolic OH excluding ortho intramolecular Hbond substituents is 1. The molecule has 8 heteroatoms. The number of anilines is 1. The predicted molar refractivity (Wildman–Crippen MR) is 109 cm³/mol. The zero-order chi connectivity index (χ0) is 20.1. The van der Waals surface area contributed by atoms with Gasteiger partial charge in [-0.15, -0.1) is 0 Å². The van der Waals surface area contributed by atoms with Crippen LogP contribution in [0.5, 0.6) is 17.4 Å². The molecule has 0 saturated carbocycles. The zero-order valence-electron chi connectivity index (χ0n) is 15.7. The van der Waals surface area contributed by atoms with E-state index in [2.05, 4.69) is 30.4 Å². The molecule has 3 N–H and O–H groups in total. The van der Waals surface area contributed by atoms with E-state index in [4.69, 9.17) is 11.3 Å².